The van der Waals surface area contributed by atoms with Crippen molar-refractivity contribution in [1.82, 2.24) is 0 Å². The van der Waals surface area contributed by atoms with Gasteiger partial charge >= 0.3 is 6.18 Å². The van der Waals surface area contributed by atoms with E-state index in [1.165, 1.54) is 6.07 Å². The minimum atomic E-state index is -4.32. The molecule has 106 valence electrons. The highest BCUT2D eigenvalue weighted by Crippen LogP contribution is 2.39. The van der Waals surface area contributed by atoms with Gasteiger partial charge in [-0.25, -0.2) is 0 Å². The van der Waals surface area contributed by atoms with E-state index >= 15 is 0 Å². The molecule has 1 aromatic carbocycles. The molecule has 1 fully saturated rings. The van der Waals surface area contributed by atoms with E-state index in [2.05, 4.69) is 0 Å². The van der Waals surface area contributed by atoms with Crippen LogP contribution in [-0.2, 0) is 11.8 Å². The van der Waals surface area contributed by atoms with Gasteiger partial charge in [-0.15, -0.1) is 0 Å². The van der Waals surface area contributed by atoms with Crippen molar-refractivity contribution in [1.29, 1.82) is 0 Å². The van der Waals surface area contributed by atoms with Crippen molar-refractivity contribution >= 4 is 0 Å². The molecule has 1 aliphatic rings. The lowest BCUT2D eigenvalue weighted by molar-refractivity contribution is -0.137. The third kappa shape index (κ3) is 3.11. The van der Waals surface area contributed by atoms with Gasteiger partial charge in [0.1, 0.15) is 0 Å². The first-order valence-electron chi connectivity index (χ1n) is 6.74. The third-order valence-corrected chi connectivity index (χ3v) is 3.99. The predicted molar refractivity (Wildman–Crippen MR) is 67.8 cm³/mol. The number of alkyl halides is 3. The van der Waals surface area contributed by atoms with Gasteiger partial charge in [-0.3, -0.25) is 0 Å². The monoisotopic (exact) mass is 272 g/mol. The molecule has 0 spiro atoms. The van der Waals surface area contributed by atoms with Crippen LogP contribution in [0.15, 0.2) is 18.2 Å². The van der Waals surface area contributed by atoms with Crippen molar-refractivity contribution < 1.29 is 18.3 Å². The van der Waals surface area contributed by atoms with E-state index in [1.807, 2.05) is 0 Å². The Morgan fingerprint density at radius 2 is 1.63 bits per heavy atom. The van der Waals surface area contributed by atoms with Crippen LogP contribution in [0.3, 0.4) is 0 Å². The molecule has 0 bridgehead atoms. The second-order valence-electron chi connectivity index (χ2n) is 5.47. The van der Waals surface area contributed by atoms with E-state index in [0.717, 1.165) is 37.8 Å². The van der Waals surface area contributed by atoms with Crippen LogP contribution in [0.2, 0.25) is 0 Å². The quantitative estimate of drug-likeness (QED) is 0.743. The van der Waals surface area contributed by atoms with Crippen LogP contribution in [0, 0.1) is 6.92 Å². The van der Waals surface area contributed by atoms with Crippen LogP contribution in [0.4, 0.5) is 13.2 Å². The molecule has 0 amide bonds. The highest BCUT2D eigenvalue weighted by Gasteiger charge is 2.34. The Hall–Kier alpha value is -1.03. The Morgan fingerprint density at radius 1 is 1.05 bits per heavy atom. The van der Waals surface area contributed by atoms with Gasteiger partial charge < -0.3 is 5.11 Å². The average Bonchev–Trinajstić information content (AvgIpc) is 2.53. The number of benzene rings is 1. The fraction of sp³-hybridized carbons (Fsp3) is 0.600. The van der Waals surface area contributed by atoms with Crippen LogP contribution in [0.1, 0.15) is 55.2 Å². The molecule has 1 aliphatic carbocycles. The lowest BCUT2D eigenvalue weighted by atomic mass is 9.83. The van der Waals surface area contributed by atoms with Gasteiger partial charge in [0.2, 0.25) is 0 Å². The molecule has 1 nitrogen and oxygen atoms in total. The Morgan fingerprint density at radius 3 is 2.11 bits per heavy atom. The predicted octanol–water partition coefficient (Wildman–Crippen LogP) is 4.56. The highest BCUT2D eigenvalue weighted by atomic mass is 19.4. The van der Waals surface area contributed by atoms with Crippen LogP contribution >= 0.6 is 0 Å². The molecule has 19 heavy (non-hydrogen) atoms. The van der Waals surface area contributed by atoms with E-state index in [9.17, 15) is 18.3 Å². The summed E-state index contributed by atoms with van der Waals surface area (Å²) in [5.74, 6) is 0. The molecule has 0 atom stereocenters. The van der Waals surface area contributed by atoms with E-state index in [0.29, 0.717) is 24.0 Å². The molecular formula is C15H19F3O. The lowest BCUT2D eigenvalue weighted by Crippen LogP contribution is -2.26. The fourth-order valence-corrected chi connectivity index (χ4v) is 2.94. The zero-order valence-corrected chi connectivity index (χ0v) is 11.1. The van der Waals surface area contributed by atoms with Gasteiger partial charge in [0, 0.05) is 0 Å². The van der Waals surface area contributed by atoms with Crippen molar-refractivity contribution in [3.05, 3.63) is 34.9 Å². The molecule has 0 unspecified atom stereocenters. The Bertz CT molecular complexity index is 443. The van der Waals surface area contributed by atoms with Crippen molar-refractivity contribution in [3.63, 3.8) is 0 Å². The van der Waals surface area contributed by atoms with E-state index in [4.69, 9.17) is 0 Å². The molecule has 1 N–H and O–H groups in total. The molecule has 1 aromatic rings. The molecule has 0 aromatic heterocycles. The number of hydrogen-bond donors (Lipinski definition) is 1. The molecule has 0 heterocycles. The van der Waals surface area contributed by atoms with Gasteiger partial charge in [-0.05, 0) is 43.0 Å². The van der Waals surface area contributed by atoms with Crippen molar-refractivity contribution in [2.24, 2.45) is 0 Å². The average molecular weight is 272 g/mol. The second kappa shape index (κ2) is 5.16. The van der Waals surface area contributed by atoms with Crippen LogP contribution < -0.4 is 0 Å². The smallest absolute Gasteiger partial charge is 0.385 e. The zero-order chi connectivity index (χ0) is 14.1. The minimum absolute atomic E-state index is 0.527. The summed E-state index contributed by atoms with van der Waals surface area (Å²) in [6, 6.07) is 3.66. The molecular weight excluding hydrogens is 253 g/mol. The fourth-order valence-electron chi connectivity index (χ4n) is 2.94. The number of aryl methyl sites for hydroxylation is 1. The number of aliphatic hydroxyl groups is 1. The molecule has 4 heteroatoms. The molecule has 0 aliphatic heterocycles. The summed E-state index contributed by atoms with van der Waals surface area (Å²) in [5, 5.41) is 10.7. The first kappa shape index (κ1) is 14.4. The summed E-state index contributed by atoms with van der Waals surface area (Å²) in [6.45, 7) is 1.65. The Balaban J connectivity index is 2.34. The lowest BCUT2D eigenvalue weighted by Gasteiger charge is -2.29. The summed E-state index contributed by atoms with van der Waals surface area (Å²) in [5.41, 5.74) is -0.419. The zero-order valence-electron chi connectivity index (χ0n) is 11.1. The SMILES string of the molecule is Cc1cc(C(F)(F)F)ccc1C1(O)CCCCCC1. The topological polar surface area (TPSA) is 20.2 Å². The summed E-state index contributed by atoms with van der Waals surface area (Å²) in [4.78, 5) is 0. The van der Waals surface area contributed by atoms with Crippen LogP contribution in [-0.4, -0.2) is 5.11 Å². The number of halogens is 3. The van der Waals surface area contributed by atoms with Gasteiger partial charge in [0.05, 0.1) is 11.2 Å². The first-order valence-corrected chi connectivity index (χ1v) is 6.74. The van der Waals surface area contributed by atoms with Crippen LogP contribution in [0.25, 0.3) is 0 Å². The second-order valence-corrected chi connectivity index (χ2v) is 5.47. The highest BCUT2D eigenvalue weighted by molar-refractivity contribution is 5.36. The first-order chi connectivity index (χ1) is 8.83. The Labute approximate surface area is 111 Å². The normalized spacial score (nSPS) is 20.1. The molecule has 1 saturated carbocycles. The minimum Gasteiger partial charge on any atom is -0.385 e. The van der Waals surface area contributed by atoms with Crippen molar-refractivity contribution in [2.45, 2.75) is 57.2 Å². The van der Waals surface area contributed by atoms with Gasteiger partial charge in [0.15, 0.2) is 0 Å². The van der Waals surface area contributed by atoms with Gasteiger partial charge in [-0.2, -0.15) is 13.2 Å². The standard InChI is InChI=1S/C15H19F3O/c1-11-10-12(15(16,17)18)6-7-13(11)14(19)8-4-2-3-5-9-14/h6-7,10,19H,2-5,8-9H2,1H3. The maximum atomic E-state index is 12.6. The summed E-state index contributed by atoms with van der Waals surface area (Å²) >= 11 is 0. The van der Waals surface area contributed by atoms with E-state index in [-0.39, 0.29) is 0 Å². The van der Waals surface area contributed by atoms with Gasteiger partial charge in [0.25, 0.3) is 0 Å². The largest absolute Gasteiger partial charge is 0.416 e. The number of hydrogen-bond acceptors (Lipinski definition) is 1. The van der Waals surface area contributed by atoms with Crippen molar-refractivity contribution in [3.8, 4) is 0 Å². The summed E-state index contributed by atoms with van der Waals surface area (Å²) in [7, 11) is 0. The summed E-state index contributed by atoms with van der Waals surface area (Å²) < 4.78 is 37.9. The maximum Gasteiger partial charge on any atom is 0.416 e. The number of rotatable bonds is 1. The van der Waals surface area contributed by atoms with Crippen molar-refractivity contribution in [2.75, 3.05) is 0 Å². The molecule has 0 saturated heterocycles. The molecule has 2 rings (SSSR count). The summed E-state index contributed by atoms with van der Waals surface area (Å²) in [6.07, 6.45) is 0.978. The van der Waals surface area contributed by atoms with Gasteiger partial charge in [-0.1, -0.05) is 31.7 Å². The Kier molecular flexibility index (Phi) is 3.90. The van der Waals surface area contributed by atoms with E-state index < -0.39 is 17.3 Å². The third-order valence-electron chi connectivity index (χ3n) is 3.99. The molecule has 0 radical (unpaired) electrons. The van der Waals surface area contributed by atoms with Crippen LogP contribution in [0.5, 0.6) is 0 Å². The maximum absolute atomic E-state index is 12.6. The van der Waals surface area contributed by atoms with E-state index in [1.54, 1.807) is 6.92 Å².